The van der Waals surface area contributed by atoms with Crippen molar-refractivity contribution in [3.63, 3.8) is 0 Å². The lowest BCUT2D eigenvalue weighted by molar-refractivity contribution is -0.139. The van der Waals surface area contributed by atoms with Crippen molar-refractivity contribution in [1.29, 1.82) is 0 Å². The molecule has 2 amide bonds. The van der Waals surface area contributed by atoms with E-state index in [0.717, 1.165) is 31.4 Å². The monoisotopic (exact) mass is 402 g/mol. The number of guanidine groups is 1. The third-order valence-electron chi connectivity index (χ3n) is 5.50. The molecule has 0 radical (unpaired) electrons. The Kier molecular flexibility index (Phi) is 8.42. The van der Waals surface area contributed by atoms with Crippen LogP contribution >= 0.6 is 0 Å². The van der Waals surface area contributed by atoms with Gasteiger partial charge in [0, 0.05) is 59.6 Å². The van der Waals surface area contributed by atoms with Crippen molar-refractivity contribution in [3.8, 4) is 0 Å². The molecule has 0 aromatic carbocycles. The Morgan fingerprint density at radius 3 is 2.48 bits per heavy atom. The lowest BCUT2D eigenvalue weighted by Gasteiger charge is -2.31. The molecule has 2 rings (SSSR count). The molecule has 1 aromatic rings. The molecular formula is C21H34N6O2. The number of nitrogens with zero attached hydrogens (tertiary/aromatic N) is 4. The topological polar surface area (TPSA) is 89.9 Å². The van der Waals surface area contributed by atoms with Crippen molar-refractivity contribution in [1.82, 2.24) is 25.4 Å². The number of aliphatic imine (C=N–C) groups is 1. The minimum Gasteiger partial charge on any atom is -0.355 e. The first-order chi connectivity index (χ1) is 13.9. The Balaban J connectivity index is 1.80. The maximum Gasteiger partial charge on any atom is 0.241 e. The average molecular weight is 403 g/mol. The average Bonchev–Trinajstić information content (AvgIpc) is 3.22. The van der Waals surface area contributed by atoms with Gasteiger partial charge in [-0.25, -0.2) is 0 Å². The fraction of sp³-hybridized carbons (Fsp3) is 0.619. The molecule has 0 saturated heterocycles. The summed E-state index contributed by atoms with van der Waals surface area (Å²) in [6.45, 7) is 1.27. The molecule has 0 atom stereocenters. The van der Waals surface area contributed by atoms with E-state index in [4.69, 9.17) is 0 Å². The molecule has 1 fully saturated rings. The van der Waals surface area contributed by atoms with Crippen molar-refractivity contribution in [3.05, 3.63) is 30.1 Å². The quantitative estimate of drug-likeness (QED) is 0.498. The van der Waals surface area contributed by atoms with Crippen LogP contribution in [0.25, 0.3) is 0 Å². The minimum atomic E-state index is -0.384. The van der Waals surface area contributed by atoms with Crippen LogP contribution < -0.4 is 10.6 Å². The zero-order valence-corrected chi connectivity index (χ0v) is 18.1. The molecule has 2 N–H and O–H groups in total. The number of carbonyl (C=O) groups excluding carboxylic acids is 2. The maximum atomic E-state index is 12.7. The van der Waals surface area contributed by atoms with Crippen LogP contribution in [-0.4, -0.2) is 80.4 Å². The molecule has 8 nitrogen and oxygen atoms in total. The van der Waals surface area contributed by atoms with E-state index in [1.807, 2.05) is 18.2 Å². The number of nitrogens with one attached hydrogen (secondary N) is 2. The summed E-state index contributed by atoms with van der Waals surface area (Å²) in [6.07, 6.45) is 6.35. The number of pyridine rings is 1. The van der Waals surface area contributed by atoms with Gasteiger partial charge in [-0.15, -0.1) is 0 Å². The van der Waals surface area contributed by atoms with Crippen LogP contribution in [0.4, 0.5) is 0 Å². The first-order valence-electron chi connectivity index (χ1n) is 10.2. The Morgan fingerprint density at radius 2 is 1.90 bits per heavy atom. The summed E-state index contributed by atoms with van der Waals surface area (Å²) in [5.74, 6) is 0.668. The van der Waals surface area contributed by atoms with Gasteiger partial charge in [-0.1, -0.05) is 18.9 Å². The molecule has 8 heteroatoms. The van der Waals surface area contributed by atoms with Gasteiger partial charge in [0.05, 0.1) is 12.0 Å². The molecular weight excluding hydrogens is 368 g/mol. The van der Waals surface area contributed by atoms with Gasteiger partial charge in [0.25, 0.3) is 0 Å². The fourth-order valence-electron chi connectivity index (χ4n) is 3.71. The second-order valence-corrected chi connectivity index (χ2v) is 7.85. The summed E-state index contributed by atoms with van der Waals surface area (Å²) in [5.41, 5.74) is 0.579. The largest absolute Gasteiger partial charge is 0.355 e. The van der Waals surface area contributed by atoms with Crippen LogP contribution in [-0.2, 0) is 16.0 Å². The van der Waals surface area contributed by atoms with Crippen LogP contribution in [0.1, 0.15) is 31.4 Å². The van der Waals surface area contributed by atoms with Gasteiger partial charge in [0.15, 0.2) is 5.96 Å². The molecule has 1 aromatic heterocycles. The van der Waals surface area contributed by atoms with E-state index >= 15 is 0 Å². The van der Waals surface area contributed by atoms with Crippen LogP contribution in [0, 0.1) is 5.41 Å². The normalized spacial score (nSPS) is 15.7. The summed E-state index contributed by atoms with van der Waals surface area (Å²) < 4.78 is 0. The predicted molar refractivity (Wildman–Crippen MR) is 115 cm³/mol. The highest BCUT2D eigenvalue weighted by molar-refractivity contribution is 5.87. The smallest absolute Gasteiger partial charge is 0.241 e. The van der Waals surface area contributed by atoms with E-state index in [1.54, 1.807) is 44.2 Å². The van der Waals surface area contributed by atoms with Crippen LogP contribution in [0.2, 0.25) is 0 Å². The maximum absolute atomic E-state index is 12.7. The summed E-state index contributed by atoms with van der Waals surface area (Å²) in [4.78, 5) is 36.9. The van der Waals surface area contributed by atoms with E-state index in [9.17, 15) is 9.59 Å². The molecule has 29 heavy (non-hydrogen) atoms. The van der Waals surface area contributed by atoms with Crippen molar-refractivity contribution in [2.45, 2.75) is 32.1 Å². The molecule has 1 aliphatic rings. The van der Waals surface area contributed by atoms with Crippen LogP contribution in [0.3, 0.4) is 0 Å². The first kappa shape index (κ1) is 22.6. The summed E-state index contributed by atoms with van der Waals surface area (Å²) in [5, 5.41) is 6.32. The molecule has 1 saturated carbocycles. The molecule has 0 aliphatic heterocycles. The highest BCUT2D eigenvalue weighted by Crippen LogP contribution is 2.38. The predicted octanol–water partition coefficient (Wildman–Crippen LogP) is 0.896. The van der Waals surface area contributed by atoms with E-state index in [2.05, 4.69) is 20.6 Å². The Labute approximate surface area is 173 Å². The number of rotatable bonds is 8. The SMILES string of the molecule is CN=C(NCC(=O)N(C)CCc1ccccn1)NCC1(C(=O)N(C)C)CCCC1. The highest BCUT2D eigenvalue weighted by atomic mass is 16.2. The number of carbonyl (C=O) groups is 2. The van der Waals surface area contributed by atoms with E-state index in [0.29, 0.717) is 25.5 Å². The summed E-state index contributed by atoms with van der Waals surface area (Å²) in [6, 6.07) is 5.78. The second kappa shape index (κ2) is 10.8. The van der Waals surface area contributed by atoms with Gasteiger partial charge in [-0.3, -0.25) is 19.6 Å². The highest BCUT2D eigenvalue weighted by Gasteiger charge is 2.42. The Bertz CT molecular complexity index is 698. The third kappa shape index (κ3) is 6.44. The fourth-order valence-corrected chi connectivity index (χ4v) is 3.71. The molecule has 1 heterocycles. The van der Waals surface area contributed by atoms with E-state index < -0.39 is 0 Å². The van der Waals surface area contributed by atoms with E-state index in [-0.39, 0.29) is 23.8 Å². The minimum absolute atomic E-state index is 0.0242. The third-order valence-corrected chi connectivity index (χ3v) is 5.50. The lowest BCUT2D eigenvalue weighted by atomic mass is 9.84. The molecule has 1 aliphatic carbocycles. The molecule has 0 bridgehead atoms. The van der Waals surface area contributed by atoms with E-state index in [1.165, 1.54) is 0 Å². The van der Waals surface area contributed by atoms with Crippen molar-refractivity contribution in [2.24, 2.45) is 10.4 Å². The van der Waals surface area contributed by atoms with Gasteiger partial charge in [-0.2, -0.15) is 0 Å². The van der Waals surface area contributed by atoms with Crippen molar-refractivity contribution in [2.75, 3.05) is 47.8 Å². The standard InChI is InChI=1S/C21H34N6O2/c1-22-20(25-16-21(11-6-7-12-21)19(29)26(2)3)24-15-18(28)27(4)14-10-17-9-5-8-13-23-17/h5,8-9,13H,6-7,10-12,14-16H2,1-4H3,(H2,22,24,25). The Morgan fingerprint density at radius 1 is 1.17 bits per heavy atom. The zero-order valence-electron chi connectivity index (χ0n) is 18.1. The molecule has 0 spiro atoms. The first-order valence-corrected chi connectivity index (χ1v) is 10.2. The number of aromatic nitrogens is 1. The van der Waals surface area contributed by atoms with Crippen molar-refractivity contribution >= 4 is 17.8 Å². The number of amides is 2. The Hall–Kier alpha value is -2.64. The molecule has 0 unspecified atom stereocenters. The number of likely N-dealkylation sites (N-methyl/N-ethyl adjacent to an activating group) is 1. The van der Waals surface area contributed by atoms with Gasteiger partial charge in [0.1, 0.15) is 0 Å². The van der Waals surface area contributed by atoms with Crippen LogP contribution in [0.15, 0.2) is 29.4 Å². The summed E-state index contributed by atoms with van der Waals surface area (Å²) >= 11 is 0. The second-order valence-electron chi connectivity index (χ2n) is 7.85. The zero-order chi connectivity index (χ0) is 21.3. The number of hydrogen-bond donors (Lipinski definition) is 2. The van der Waals surface area contributed by atoms with Gasteiger partial charge in [-0.05, 0) is 25.0 Å². The lowest BCUT2D eigenvalue weighted by Crippen LogP contribution is -2.50. The van der Waals surface area contributed by atoms with Gasteiger partial charge < -0.3 is 20.4 Å². The van der Waals surface area contributed by atoms with Crippen molar-refractivity contribution < 1.29 is 9.59 Å². The van der Waals surface area contributed by atoms with Gasteiger partial charge >= 0.3 is 0 Å². The number of hydrogen-bond acceptors (Lipinski definition) is 4. The summed E-state index contributed by atoms with van der Waals surface area (Å²) in [7, 11) is 7.05. The molecule has 160 valence electrons. The van der Waals surface area contributed by atoms with Crippen LogP contribution in [0.5, 0.6) is 0 Å². The van der Waals surface area contributed by atoms with Gasteiger partial charge in [0.2, 0.25) is 11.8 Å².